The summed E-state index contributed by atoms with van der Waals surface area (Å²) in [5.41, 5.74) is 1.45. The molecule has 1 saturated carbocycles. The van der Waals surface area contributed by atoms with Crippen molar-refractivity contribution in [3.63, 3.8) is 0 Å². The molecule has 2 rings (SSSR count). The Balaban J connectivity index is 2.12. The second kappa shape index (κ2) is 5.39. The lowest BCUT2D eigenvalue weighted by atomic mass is 9.89. The molecule has 0 atom stereocenters. The summed E-state index contributed by atoms with van der Waals surface area (Å²) in [6.45, 7) is 3.02. The van der Waals surface area contributed by atoms with E-state index < -0.39 is 5.97 Å². The lowest BCUT2D eigenvalue weighted by molar-refractivity contribution is 0.0695. The molecule has 1 N–H and O–H groups in total. The van der Waals surface area contributed by atoms with Crippen LogP contribution in [0.15, 0.2) is 12.3 Å². The number of hydrogen-bond acceptors (Lipinski definition) is 1. The SMILES string of the molecule is CCc1c(C(=O)O)ccn1CC1CCCCC1. The Kier molecular flexibility index (Phi) is 3.87. The van der Waals surface area contributed by atoms with E-state index in [2.05, 4.69) is 4.57 Å². The van der Waals surface area contributed by atoms with Gasteiger partial charge in [-0.2, -0.15) is 0 Å². The molecule has 1 aliphatic rings. The zero-order chi connectivity index (χ0) is 12.3. The van der Waals surface area contributed by atoms with Crippen molar-refractivity contribution in [1.82, 2.24) is 4.57 Å². The van der Waals surface area contributed by atoms with Crippen LogP contribution in [0.3, 0.4) is 0 Å². The first-order valence-corrected chi connectivity index (χ1v) is 6.63. The topological polar surface area (TPSA) is 42.2 Å². The normalized spacial score (nSPS) is 17.2. The zero-order valence-corrected chi connectivity index (χ0v) is 10.5. The molecule has 1 aliphatic carbocycles. The van der Waals surface area contributed by atoms with Gasteiger partial charge in [0.1, 0.15) is 0 Å². The molecular formula is C14H21NO2. The first kappa shape index (κ1) is 12.2. The monoisotopic (exact) mass is 235 g/mol. The van der Waals surface area contributed by atoms with Crippen molar-refractivity contribution in [2.45, 2.75) is 52.0 Å². The largest absolute Gasteiger partial charge is 0.478 e. The van der Waals surface area contributed by atoms with Crippen LogP contribution in [0.25, 0.3) is 0 Å². The van der Waals surface area contributed by atoms with E-state index in [1.54, 1.807) is 6.07 Å². The maximum atomic E-state index is 11.1. The van der Waals surface area contributed by atoms with Gasteiger partial charge in [0.05, 0.1) is 5.56 Å². The summed E-state index contributed by atoms with van der Waals surface area (Å²) in [4.78, 5) is 11.1. The average molecular weight is 235 g/mol. The van der Waals surface area contributed by atoms with Crippen LogP contribution in [-0.2, 0) is 13.0 Å². The summed E-state index contributed by atoms with van der Waals surface area (Å²) in [7, 11) is 0. The van der Waals surface area contributed by atoms with Crippen molar-refractivity contribution >= 4 is 5.97 Å². The van der Waals surface area contributed by atoms with E-state index in [0.29, 0.717) is 5.56 Å². The zero-order valence-electron chi connectivity index (χ0n) is 10.5. The predicted octanol–water partition coefficient (Wildman–Crippen LogP) is 3.33. The highest BCUT2D eigenvalue weighted by Crippen LogP contribution is 2.26. The van der Waals surface area contributed by atoms with Crippen molar-refractivity contribution in [2.75, 3.05) is 0 Å². The van der Waals surface area contributed by atoms with Gasteiger partial charge < -0.3 is 9.67 Å². The number of carboxylic acids is 1. The second-order valence-electron chi connectivity index (χ2n) is 4.99. The van der Waals surface area contributed by atoms with Crippen LogP contribution in [0.1, 0.15) is 55.1 Å². The number of aromatic carboxylic acids is 1. The lowest BCUT2D eigenvalue weighted by Gasteiger charge is -2.23. The molecule has 0 unspecified atom stereocenters. The van der Waals surface area contributed by atoms with Crippen molar-refractivity contribution in [3.05, 3.63) is 23.5 Å². The van der Waals surface area contributed by atoms with Gasteiger partial charge >= 0.3 is 5.97 Å². The van der Waals surface area contributed by atoms with Gasteiger partial charge in [0.15, 0.2) is 0 Å². The Bertz CT molecular complexity index is 389. The third-order valence-corrected chi connectivity index (χ3v) is 3.82. The average Bonchev–Trinajstić information content (AvgIpc) is 2.73. The first-order chi connectivity index (χ1) is 8.22. The minimum Gasteiger partial charge on any atom is -0.478 e. The fourth-order valence-electron chi connectivity index (χ4n) is 2.91. The standard InChI is InChI=1S/C14H21NO2/c1-2-13-12(14(16)17)8-9-15(13)10-11-6-4-3-5-7-11/h8-9,11H,2-7,10H2,1H3,(H,16,17). The van der Waals surface area contributed by atoms with Crippen LogP contribution in [0.2, 0.25) is 0 Å². The number of carbonyl (C=O) groups is 1. The minimum absolute atomic E-state index is 0.475. The van der Waals surface area contributed by atoms with Crippen molar-refractivity contribution in [1.29, 1.82) is 0 Å². The van der Waals surface area contributed by atoms with E-state index in [1.165, 1.54) is 32.1 Å². The molecule has 0 radical (unpaired) electrons. The van der Waals surface area contributed by atoms with E-state index in [-0.39, 0.29) is 0 Å². The Morgan fingerprint density at radius 3 is 2.71 bits per heavy atom. The van der Waals surface area contributed by atoms with Gasteiger partial charge in [-0.3, -0.25) is 0 Å². The molecule has 1 aromatic heterocycles. The smallest absolute Gasteiger partial charge is 0.337 e. The molecular weight excluding hydrogens is 214 g/mol. The Labute approximate surface area is 102 Å². The summed E-state index contributed by atoms with van der Waals surface area (Å²) >= 11 is 0. The quantitative estimate of drug-likeness (QED) is 0.869. The van der Waals surface area contributed by atoms with Gasteiger partial charge in [0, 0.05) is 18.4 Å². The number of nitrogens with zero attached hydrogens (tertiary/aromatic N) is 1. The number of hydrogen-bond donors (Lipinski definition) is 1. The highest BCUT2D eigenvalue weighted by Gasteiger charge is 2.18. The molecule has 0 aliphatic heterocycles. The van der Waals surface area contributed by atoms with Crippen molar-refractivity contribution in [3.8, 4) is 0 Å². The van der Waals surface area contributed by atoms with Crippen LogP contribution in [0.5, 0.6) is 0 Å². The molecule has 17 heavy (non-hydrogen) atoms. The van der Waals surface area contributed by atoms with Gasteiger partial charge in [0.25, 0.3) is 0 Å². The van der Waals surface area contributed by atoms with Crippen LogP contribution in [-0.4, -0.2) is 15.6 Å². The van der Waals surface area contributed by atoms with Crippen molar-refractivity contribution in [2.24, 2.45) is 5.92 Å². The van der Waals surface area contributed by atoms with Gasteiger partial charge in [0.2, 0.25) is 0 Å². The van der Waals surface area contributed by atoms with Crippen molar-refractivity contribution < 1.29 is 9.90 Å². The van der Waals surface area contributed by atoms with E-state index >= 15 is 0 Å². The minimum atomic E-state index is -0.802. The third-order valence-electron chi connectivity index (χ3n) is 3.82. The first-order valence-electron chi connectivity index (χ1n) is 6.63. The molecule has 3 nitrogen and oxygen atoms in total. The van der Waals surface area contributed by atoms with Gasteiger partial charge in [-0.1, -0.05) is 26.2 Å². The summed E-state index contributed by atoms with van der Waals surface area (Å²) in [5.74, 6) is -0.0626. The van der Waals surface area contributed by atoms with E-state index in [1.807, 2.05) is 13.1 Å². The molecule has 1 fully saturated rings. The van der Waals surface area contributed by atoms with E-state index in [4.69, 9.17) is 5.11 Å². The summed E-state index contributed by atoms with van der Waals surface area (Å²) < 4.78 is 2.15. The fourth-order valence-corrected chi connectivity index (χ4v) is 2.91. The molecule has 0 aromatic carbocycles. The highest BCUT2D eigenvalue weighted by molar-refractivity contribution is 5.89. The van der Waals surface area contributed by atoms with E-state index in [0.717, 1.165) is 24.6 Å². The molecule has 94 valence electrons. The fraction of sp³-hybridized carbons (Fsp3) is 0.643. The predicted molar refractivity (Wildman–Crippen MR) is 67.3 cm³/mol. The molecule has 1 heterocycles. The van der Waals surface area contributed by atoms with Crippen LogP contribution in [0.4, 0.5) is 0 Å². The van der Waals surface area contributed by atoms with Crippen LogP contribution < -0.4 is 0 Å². The highest BCUT2D eigenvalue weighted by atomic mass is 16.4. The molecule has 0 saturated heterocycles. The molecule has 0 spiro atoms. The van der Waals surface area contributed by atoms with E-state index in [9.17, 15) is 4.79 Å². The molecule has 0 amide bonds. The van der Waals surface area contributed by atoms with Crippen LogP contribution >= 0.6 is 0 Å². The third kappa shape index (κ3) is 2.71. The Morgan fingerprint density at radius 1 is 1.41 bits per heavy atom. The molecule has 1 aromatic rings. The molecule has 0 bridgehead atoms. The van der Waals surface area contributed by atoms with Gasteiger partial charge in [-0.15, -0.1) is 0 Å². The Morgan fingerprint density at radius 2 is 2.12 bits per heavy atom. The summed E-state index contributed by atoms with van der Waals surface area (Å²) in [6.07, 6.45) is 9.35. The Hall–Kier alpha value is -1.25. The number of carboxylic acid groups (broad SMARTS) is 1. The summed E-state index contributed by atoms with van der Waals surface area (Å²) in [6, 6.07) is 1.74. The molecule has 3 heteroatoms. The maximum absolute atomic E-state index is 11.1. The number of rotatable bonds is 4. The van der Waals surface area contributed by atoms with Gasteiger partial charge in [-0.25, -0.2) is 4.79 Å². The maximum Gasteiger partial charge on any atom is 0.337 e. The second-order valence-corrected chi connectivity index (χ2v) is 4.99. The number of aromatic nitrogens is 1. The lowest BCUT2D eigenvalue weighted by Crippen LogP contribution is -2.16. The van der Waals surface area contributed by atoms with Gasteiger partial charge in [-0.05, 0) is 31.2 Å². The summed E-state index contributed by atoms with van der Waals surface area (Å²) in [5, 5.41) is 9.10. The van der Waals surface area contributed by atoms with Crippen LogP contribution in [0, 0.1) is 5.92 Å².